The number of carboxylic acids is 1. The minimum Gasteiger partial charge on any atom is -0.481 e. The number of carboxylic acid groups (broad SMARTS) is 1. The third-order valence-corrected chi connectivity index (χ3v) is 9.35. The first kappa shape index (κ1) is 49.6. The van der Waals surface area contributed by atoms with Crippen LogP contribution in [0.5, 0.6) is 0 Å². The summed E-state index contributed by atoms with van der Waals surface area (Å²) in [7, 11) is 0. The number of rotatable bonds is 26. The Balaban J connectivity index is 0. The van der Waals surface area contributed by atoms with Gasteiger partial charge in [0.1, 0.15) is 0 Å². The number of hydrogen-bond acceptors (Lipinski definition) is 5. The number of thioether (sulfide) groups is 2. The van der Waals surface area contributed by atoms with Gasteiger partial charge < -0.3 is 20.2 Å². The molecule has 0 saturated heterocycles. The Bertz CT molecular complexity index is 1060. The Kier molecular flexibility index (Phi) is 37.6. The van der Waals surface area contributed by atoms with Crippen LogP contribution in [0.3, 0.4) is 0 Å². The molecule has 2 rings (SSSR count). The number of nitrogens with zero attached hydrogens (tertiary/aromatic N) is 2. The molecule has 0 aliphatic heterocycles. The summed E-state index contributed by atoms with van der Waals surface area (Å²) in [5.74, 6) is 0.164. The van der Waals surface area contributed by atoms with Gasteiger partial charge >= 0.3 is 28.3 Å². The summed E-state index contributed by atoms with van der Waals surface area (Å²) in [4.78, 5) is 17.6. The van der Waals surface area contributed by atoms with Gasteiger partial charge in [-0.2, -0.15) is 0 Å². The fourth-order valence-electron chi connectivity index (χ4n) is 5.05. The number of hydrogen-bond donors (Lipinski definition) is 1. The maximum atomic E-state index is 10.2. The summed E-state index contributed by atoms with van der Waals surface area (Å²) < 4.78 is 5.21. The summed E-state index contributed by atoms with van der Waals surface area (Å²) in [5.41, 5.74) is 2.06. The predicted molar refractivity (Wildman–Crippen MR) is 204 cm³/mol. The molecule has 2 aromatic rings. The minimum absolute atomic E-state index is 0. The number of benzene rings is 2. The molecule has 0 unspecified atom stereocenters. The van der Waals surface area contributed by atoms with Crippen LogP contribution in [0.1, 0.15) is 136 Å². The van der Waals surface area contributed by atoms with Gasteiger partial charge in [0.15, 0.2) is 0 Å². The molecule has 0 amide bonds. The largest absolute Gasteiger partial charge is 1.00 e. The topological polar surface area (TPSA) is 73.0 Å². The molecule has 0 aliphatic rings. The Morgan fingerprint density at radius 1 is 0.667 bits per heavy atom. The van der Waals surface area contributed by atoms with Crippen LogP contribution in [0.4, 0.5) is 11.4 Å². The molecule has 0 spiro atoms. The second-order valence-electron chi connectivity index (χ2n) is 11.8. The van der Waals surface area contributed by atoms with E-state index in [4.69, 9.17) is 20.2 Å². The molecule has 281 valence electrons. The van der Waals surface area contributed by atoms with E-state index in [2.05, 4.69) is 74.9 Å². The average Bonchev–Trinajstić information content (AvgIpc) is 3.07. The Morgan fingerprint density at radius 3 is 1.69 bits per heavy atom. The van der Waals surface area contributed by atoms with Crippen molar-refractivity contribution in [2.45, 2.75) is 146 Å². The van der Waals surface area contributed by atoms with E-state index in [1.807, 2.05) is 0 Å². The number of amidine groups is 1. The maximum absolute atomic E-state index is 10.2. The van der Waals surface area contributed by atoms with Gasteiger partial charge in [-0.05, 0) is 55.3 Å². The van der Waals surface area contributed by atoms with E-state index in [-0.39, 0.29) is 51.2 Å². The van der Waals surface area contributed by atoms with E-state index in [1.165, 1.54) is 106 Å². The van der Waals surface area contributed by atoms with Gasteiger partial charge in [0.2, 0.25) is 0 Å². The molecule has 0 aliphatic carbocycles. The second kappa shape index (κ2) is 36.3. The summed E-state index contributed by atoms with van der Waals surface area (Å²) in [6, 6.07) is 16.7. The van der Waals surface area contributed by atoms with Crippen molar-refractivity contribution in [2.75, 3.05) is 25.7 Å². The van der Waals surface area contributed by atoms with Crippen molar-refractivity contribution in [3.05, 3.63) is 53.8 Å². The van der Waals surface area contributed by atoms with Crippen LogP contribution in [0, 0.1) is 0 Å². The molecule has 9 heteroatoms. The molecule has 1 radical (unpaired) electrons. The molecule has 0 bridgehead atoms. The van der Waals surface area contributed by atoms with Gasteiger partial charge in [-0.15, -0.1) is 23.5 Å². The van der Waals surface area contributed by atoms with Crippen LogP contribution in [-0.4, -0.2) is 42.6 Å². The third-order valence-electron chi connectivity index (χ3n) is 7.78. The Labute approximate surface area is 333 Å². The van der Waals surface area contributed by atoms with Crippen LogP contribution in [0.2, 0.25) is 0 Å². The monoisotopic (exact) mass is 885 g/mol. The fraction of sp³-hybridized carbons (Fsp3) is 0.641. The molecule has 0 aromatic heterocycles. The molecule has 0 heterocycles. The minimum atomic E-state index is -0.782. The molecular formula is C39H63Ag2N2O3S2. The summed E-state index contributed by atoms with van der Waals surface area (Å²) in [5, 5.41) is 13.4. The van der Waals surface area contributed by atoms with Gasteiger partial charge in [0.25, 0.3) is 0 Å². The third kappa shape index (κ3) is 27.3. The first-order valence-corrected chi connectivity index (χ1v) is 20.3. The van der Waals surface area contributed by atoms with Crippen molar-refractivity contribution in [1.82, 2.24) is 0 Å². The summed E-state index contributed by atoms with van der Waals surface area (Å²) >= 11 is 3.48. The number of para-hydroxylation sites is 2. The second-order valence-corrected chi connectivity index (χ2v) is 13.5. The zero-order valence-electron chi connectivity index (χ0n) is 30.0. The smallest absolute Gasteiger partial charge is 0.481 e. The summed E-state index contributed by atoms with van der Waals surface area (Å²) in [6.07, 6.45) is 27.5. The first-order valence-electron chi connectivity index (χ1n) is 17.9. The van der Waals surface area contributed by atoms with E-state index in [0.717, 1.165) is 36.5 Å². The van der Waals surface area contributed by atoms with Crippen LogP contribution in [0.25, 0.3) is 5.32 Å². The number of unbranched alkanes of at least 4 members (excludes halogenated alkanes) is 15. The normalized spacial score (nSPS) is 10.8. The van der Waals surface area contributed by atoms with Gasteiger partial charge in [0.05, 0.1) is 13.0 Å². The van der Waals surface area contributed by atoms with Crippen LogP contribution in [-0.2, 0) is 54.3 Å². The molecule has 2 aromatic carbocycles. The van der Waals surface area contributed by atoms with Crippen molar-refractivity contribution in [1.29, 1.82) is 0 Å². The van der Waals surface area contributed by atoms with Gasteiger partial charge in [-0.1, -0.05) is 152 Å². The van der Waals surface area contributed by atoms with E-state index in [0.29, 0.717) is 13.2 Å². The standard InChI is InChI=1S/C26H37N2S2.C13H26O3.2Ag/c1-4-5-6-7-8-9-10-11-12-21-26(27-22-17-13-15-19-24(22)29-2)28-23-18-14-16-20-25(23)30-3;1-2-3-4-5-6-7-8-9-11-16-12-10-13(14)15;;/h13-20H,4-12,21H2,1-3H3;2-12H2,1H3,(H,14,15);;/q-1;;;+1. The summed E-state index contributed by atoms with van der Waals surface area (Å²) in [6.45, 7) is 5.57. The molecular weight excluding hydrogens is 824 g/mol. The molecule has 0 atom stereocenters. The maximum Gasteiger partial charge on any atom is 1.00 e. The molecule has 48 heavy (non-hydrogen) atoms. The fourth-order valence-corrected chi connectivity index (χ4v) is 6.13. The van der Waals surface area contributed by atoms with Crippen LogP contribution >= 0.6 is 23.5 Å². The number of aliphatic carboxylic acids is 1. The molecule has 5 nitrogen and oxygen atoms in total. The average molecular weight is 888 g/mol. The van der Waals surface area contributed by atoms with Crippen molar-refractivity contribution >= 4 is 46.7 Å². The first-order chi connectivity index (χ1) is 22.5. The van der Waals surface area contributed by atoms with Gasteiger partial charge in [0, 0.05) is 38.8 Å². The van der Waals surface area contributed by atoms with E-state index in [9.17, 15) is 4.79 Å². The molecule has 0 fully saturated rings. The predicted octanol–water partition coefficient (Wildman–Crippen LogP) is 13.4. The quantitative estimate of drug-likeness (QED) is 0.0335. The van der Waals surface area contributed by atoms with Crippen molar-refractivity contribution in [3.8, 4) is 0 Å². The van der Waals surface area contributed by atoms with Crippen LogP contribution < -0.4 is 0 Å². The number of carbonyl (C=O) groups is 1. The Hall–Kier alpha value is -0.479. The van der Waals surface area contributed by atoms with E-state index < -0.39 is 5.97 Å². The van der Waals surface area contributed by atoms with E-state index >= 15 is 0 Å². The van der Waals surface area contributed by atoms with Crippen molar-refractivity contribution in [2.24, 2.45) is 4.99 Å². The van der Waals surface area contributed by atoms with Gasteiger partial charge in [-0.25, -0.2) is 0 Å². The van der Waals surface area contributed by atoms with Crippen molar-refractivity contribution < 1.29 is 59.4 Å². The SMILES string of the molecule is CCCCCCCCCCCC(=Nc1ccccc1SC)[N-]c1ccccc1SC.CCCCCCCCCCOCCC(=O)O.[Ag+].[Ag]. The zero-order chi connectivity index (χ0) is 33.5. The zero-order valence-corrected chi connectivity index (χ0v) is 34.6. The van der Waals surface area contributed by atoms with Gasteiger partial charge in [-0.3, -0.25) is 4.79 Å². The Morgan fingerprint density at radius 2 is 1.15 bits per heavy atom. The number of aliphatic imine (C=N–C) groups is 1. The molecule has 1 N–H and O–H groups in total. The number of ether oxygens (including phenoxy) is 1. The van der Waals surface area contributed by atoms with Crippen molar-refractivity contribution in [3.63, 3.8) is 0 Å². The molecule has 0 saturated carbocycles. The van der Waals surface area contributed by atoms with Crippen LogP contribution in [0.15, 0.2) is 63.3 Å². The van der Waals surface area contributed by atoms with E-state index in [1.54, 1.807) is 23.5 Å².